The Bertz CT molecular complexity index is 529. The summed E-state index contributed by atoms with van der Waals surface area (Å²) < 4.78 is 0.995. The minimum Gasteiger partial charge on any atom is -0.304 e. The van der Waals surface area contributed by atoms with Crippen LogP contribution in [-0.4, -0.2) is 22.0 Å². The zero-order chi connectivity index (χ0) is 13.3. The molecule has 0 saturated carbocycles. The van der Waals surface area contributed by atoms with Gasteiger partial charge in [-0.15, -0.1) is 16.4 Å². The Hall–Kier alpha value is -0.860. The van der Waals surface area contributed by atoms with Gasteiger partial charge in [-0.25, -0.2) is 5.01 Å². The summed E-state index contributed by atoms with van der Waals surface area (Å²) in [5.74, 6) is -0.352. The van der Waals surface area contributed by atoms with Crippen molar-refractivity contribution in [1.82, 2.24) is 10.3 Å². The fraction of sp³-hybridized carbons (Fsp3) is 0.300. The van der Waals surface area contributed by atoms with Crippen molar-refractivity contribution in [2.24, 2.45) is 5.10 Å². The third-order valence-electron chi connectivity index (χ3n) is 2.09. The highest BCUT2D eigenvalue weighted by Crippen LogP contribution is 2.42. The summed E-state index contributed by atoms with van der Waals surface area (Å²) in [4.78, 5) is 23.6. The van der Waals surface area contributed by atoms with Crippen LogP contribution in [0.3, 0.4) is 0 Å². The van der Waals surface area contributed by atoms with Crippen LogP contribution >= 0.6 is 39.0 Å². The Morgan fingerprint density at radius 3 is 2.67 bits per heavy atom. The van der Waals surface area contributed by atoms with Gasteiger partial charge in [0.1, 0.15) is 5.37 Å². The van der Waals surface area contributed by atoms with Gasteiger partial charge in [0.15, 0.2) is 5.17 Å². The number of halogens is 1. The van der Waals surface area contributed by atoms with Gasteiger partial charge >= 0.3 is 0 Å². The van der Waals surface area contributed by atoms with Gasteiger partial charge in [0.25, 0.3) is 0 Å². The van der Waals surface area contributed by atoms with Crippen LogP contribution in [0.1, 0.15) is 24.1 Å². The molecule has 18 heavy (non-hydrogen) atoms. The Kier molecular flexibility index (Phi) is 4.08. The molecule has 1 aromatic rings. The van der Waals surface area contributed by atoms with Gasteiger partial charge in [-0.3, -0.25) is 9.59 Å². The lowest BCUT2D eigenvalue weighted by Crippen LogP contribution is -2.25. The summed E-state index contributed by atoms with van der Waals surface area (Å²) >= 11 is 6.29. The molecule has 96 valence electrons. The number of thiophene rings is 1. The van der Waals surface area contributed by atoms with Crippen LogP contribution in [0.2, 0.25) is 0 Å². The number of carbonyl (C=O) groups excluding carboxylic acids is 2. The third kappa shape index (κ3) is 2.93. The molecule has 0 aromatic carbocycles. The average molecular weight is 348 g/mol. The molecule has 0 radical (unpaired) electrons. The molecule has 2 rings (SSSR count). The topological polar surface area (TPSA) is 61.8 Å². The summed E-state index contributed by atoms with van der Waals surface area (Å²) in [6, 6.07) is 3.86. The number of rotatable bonds is 1. The van der Waals surface area contributed by atoms with Gasteiger partial charge in [0.2, 0.25) is 11.8 Å². The minimum atomic E-state index is -0.208. The van der Waals surface area contributed by atoms with E-state index in [1.807, 2.05) is 12.1 Å². The number of nitrogens with one attached hydrogen (secondary N) is 1. The molecule has 1 aliphatic rings. The molecular formula is C10H10BrN3O2S2. The second-order valence-corrected chi connectivity index (χ2v) is 7.13. The van der Waals surface area contributed by atoms with Gasteiger partial charge in [-0.1, -0.05) is 11.8 Å². The zero-order valence-corrected chi connectivity index (χ0v) is 12.9. The highest BCUT2D eigenvalue weighted by atomic mass is 79.9. The highest BCUT2D eigenvalue weighted by Gasteiger charge is 2.33. The first-order chi connectivity index (χ1) is 8.47. The fourth-order valence-corrected chi connectivity index (χ4v) is 4.13. The van der Waals surface area contributed by atoms with E-state index in [2.05, 4.69) is 26.3 Å². The monoisotopic (exact) mass is 347 g/mol. The molecule has 1 aromatic heterocycles. The van der Waals surface area contributed by atoms with Crippen molar-refractivity contribution in [3.8, 4) is 0 Å². The lowest BCUT2D eigenvalue weighted by atomic mass is 10.4. The molecule has 0 spiro atoms. The number of nitrogens with zero attached hydrogens (tertiary/aromatic N) is 2. The Morgan fingerprint density at radius 2 is 2.17 bits per heavy atom. The van der Waals surface area contributed by atoms with Crippen molar-refractivity contribution in [2.45, 2.75) is 19.2 Å². The Morgan fingerprint density at radius 1 is 1.44 bits per heavy atom. The van der Waals surface area contributed by atoms with Crippen LogP contribution in [-0.2, 0) is 9.59 Å². The second kappa shape index (κ2) is 5.41. The summed E-state index contributed by atoms with van der Waals surface area (Å²) in [5.41, 5.74) is 0. The minimum absolute atomic E-state index is 0.155. The highest BCUT2D eigenvalue weighted by molar-refractivity contribution is 9.11. The van der Waals surface area contributed by atoms with Crippen molar-refractivity contribution in [3.63, 3.8) is 0 Å². The van der Waals surface area contributed by atoms with Crippen LogP contribution in [0.15, 0.2) is 21.0 Å². The van der Waals surface area contributed by atoms with Crippen molar-refractivity contribution in [3.05, 3.63) is 20.8 Å². The number of hydrogen-bond donors (Lipinski definition) is 1. The van der Waals surface area contributed by atoms with Crippen LogP contribution in [0, 0.1) is 0 Å². The molecule has 1 aliphatic heterocycles. The summed E-state index contributed by atoms with van der Waals surface area (Å²) in [5, 5.41) is 8.35. The lowest BCUT2D eigenvalue weighted by molar-refractivity contribution is -0.129. The summed E-state index contributed by atoms with van der Waals surface area (Å²) in [6.45, 7) is 2.87. The van der Waals surface area contributed by atoms with Gasteiger partial charge in [0, 0.05) is 18.7 Å². The number of hydrogen-bond acceptors (Lipinski definition) is 5. The van der Waals surface area contributed by atoms with Gasteiger partial charge in [-0.2, -0.15) is 0 Å². The van der Waals surface area contributed by atoms with E-state index < -0.39 is 0 Å². The van der Waals surface area contributed by atoms with E-state index in [1.165, 1.54) is 30.6 Å². The predicted octanol–water partition coefficient (Wildman–Crippen LogP) is 2.51. The van der Waals surface area contributed by atoms with Crippen molar-refractivity contribution in [1.29, 1.82) is 0 Å². The van der Waals surface area contributed by atoms with Crippen LogP contribution in [0.4, 0.5) is 0 Å². The molecule has 0 aliphatic carbocycles. The third-order valence-corrected chi connectivity index (χ3v) is 5.00. The van der Waals surface area contributed by atoms with E-state index in [4.69, 9.17) is 0 Å². The van der Waals surface area contributed by atoms with E-state index in [1.54, 1.807) is 11.3 Å². The number of thioether (sulfide) groups is 1. The second-order valence-electron chi connectivity index (χ2n) is 3.56. The standard InChI is InChI=1S/C10H10BrN3O2S2/c1-5(15)12-10-13-14(6(2)16)9(18-10)7-3-4-8(11)17-7/h3-4,9H,1-2H3,(H,12,13,15). The maximum atomic E-state index is 11.6. The molecule has 1 N–H and O–H groups in total. The molecule has 5 nitrogen and oxygen atoms in total. The molecule has 1 unspecified atom stereocenters. The van der Waals surface area contributed by atoms with Gasteiger partial charge in [-0.05, 0) is 28.1 Å². The largest absolute Gasteiger partial charge is 0.304 e. The zero-order valence-electron chi connectivity index (χ0n) is 9.64. The van der Waals surface area contributed by atoms with E-state index in [-0.39, 0.29) is 17.2 Å². The van der Waals surface area contributed by atoms with E-state index in [9.17, 15) is 9.59 Å². The van der Waals surface area contributed by atoms with E-state index in [0.717, 1.165) is 8.66 Å². The van der Waals surface area contributed by atoms with Gasteiger partial charge in [0.05, 0.1) is 3.79 Å². The Labute approximate surface area is 121 Å². The van der Waals surface area contributed by atoms with E-state index in [0.29, 0.717) is 5.17 Å². The fourth-order valence-electron chi connectivity index (χ4n) is 1.41. The number of amidine groups is 1. The first-order valence-corrected chi connectivity index (χ1v) is 7.54. The normalized spacial score (nSPS) is 18.7. The number of hydrazone groups is 1. The molecule has 0 fully saturated rings. The summed E-state index contributed by atoms with van der Waals surface area (Å²) in [6.07, 6.45) is 0. The number of amides is 2. The molecule has 2 heterocycles. The molecule has 2 amide bonds. The van der Waals surface area contributed by atoms with Crippen LogP contribution < -0.4 is 5.32 Å². The SMILES string of the molecule is CC(=O)NC1=NN(C(C)=O)C(c2ccc(Br)s2)S1. The molecule has 0 saturated heterocycles. The van der Waals surface area contributed by atoms with Crippen LogP contribution in [0.25, 0.3) is 0 Å². The predicted molar refractivity (Wildman–Crippen MR) is 76.1 cm³/mol. The van der Waals surface area contributed by atoms with Gasteiger partial charge < -0.3 is 5.32 Å². The van der Waals surface area contributed by atoms with Crippen molar-refractivity contribution in [2.75, 3.05) is 0 Å². The van der Waals surface area contributed by atoms with Crippen molar-refractivity contribution >= 4 is 56.0 Å². The lowest BCUT2D eigenvalue weighted by Gasteiger charge is -2.17. The average Bonchev–Trinajstić information content (AvgIpc) is 2.83. The number of carbonyl (C=O) groups is 2. The maximum Gasteiger partial charge on any atom is 0.241 e. The molecule has 8 heteroatoms. The smallest absolute Gasteiger partial charge is 0.241 e. The summed E-state index contributed by atoms with van der Waals surface area (Å²) in [7, 11) is 0. The first kappa shape index (κ1) is 13.6. The Balaban J connectivity index is 2.22. The first-order valence-electron chi connectivity index (χ1n) is 5.05. The molecule has 1 atom stereocenters. The quantitative estimate of drug-likeness (QED) is 0.848. The van der Waals surface area contributed by atoms with E-state index >= 15 is 0 Å². The van der Waals surface area contributed by atoms with Crippen LogP contribution in [0.5, 0.6) is 0 Å². The molecule has 0 bridgehead atoms. The molecular weight excluding hydrogens is 338 g/mol. The van der Waals surface area contributed by atoms with Crippen molar-refractivity contribution < 1.29 is 9.59 Å². The maximum absolute atomic E-state index is 11.6.